The molecule has 0 fully saturated rings. The SMILES string of the molecule is COC(=O)Nc1ccc2c(c1)CN(C(=O)c1c(Sc3c(Cl)cccc3Cl)cc(C)[nH]c1=O)C2. The molecule has 1 aliphatic rings. The summed E-state index contributed by atoms with van der Waals surface area (Å²) >= 11 is 13.8. The quantitative estimate of drug-likeness (QED) is 0.492. The van der Waals surface area contributed by atoms with E-state index in [2.05, 4.69) is 15.0 Å². The van der Waals surface area contributed by atoms with Crippen molar-refractivity contribution in [2.45, 2.75) is 29.8 Å². The number of anilines is 1. The van der Waals surface area contributed by atoms with Crippen molar-refractivity contribution in [1.29, 1.82) is 0 Å². The zero-order valence-electron chi connectivity index (χ0n) is 17.7. The third-order valence-corrected chi connectivity index (χ3v) is 7.16. The molecular formula is C23H19Cl2N3O4S. The topological polar surface area (TPSA) is 91.5 Å². The number of amides is 2. The molecule has 3 aromatic rings. The highest BCUT2D eigenvalue weighted by atomic mass is 35.5. The normalized spacial score (nSPS) is 12.4. The van der Waals surface area contributed by atoms with E-state index in [0.29, 0.717) is 44.3 Å². The molecule has 0 saturated carbocycles. The lowest BCUT2D eigenvalue weighted by Crippen LogP contribution is -2.31. The van der Waals surface area contributed by atoms with Gasteiger partial charge in [0.15, 0.2) is 0 Å². The largest absolute Gasteiger partial charge is 0.453 e. The Hall–Kier alpha value is -2.94. The smallest absolute Gasteiger partial charge is 0.411 e. The first-order valence-electron chi connectivity index (χ1n) is 9.88. The van der Waals surface area contributed by atoms with Gasteiger partial charge in [-0.05, 0) is 48.4 Å². The van der Waals surface area contributed by atoms with Gasteiger partial charge in [0.1, 0.15) is 5.56 Å². The number of H-pyrrole nitrogens is 1. The van der Waals surface area contributed by atoms with E-state index in [0.717, 1.165) is 11.1 Å². The number of methoxy groups -OCH3 is 1. The molecular weight excluding hydrogens is 485 g/mol. The number of benzene rings is 2. The van der Waals surface area contributed by atoms with Crippen LogP contribution in [0.25, 0.3) is 0 Å². The number of rotatable bonds is 4. The summed E-state index contributed by atoms with van der Waals surface area (Å²) in [5, 5.41) is 3.48. The Morgan fingerprint density at radius 1 is 1.09 bits per heavy atom. The highest BCUT2D eigenvalue weighted by Gasteiger charge is 2.29. The summed E-state index contributed by atoms with van der Waals surface area (Å²) in [5.74, 6) is -0.402. The Labute approximate surface area is 204 Å². The summed E-state index contributed by atoms with van der Waals surface area (Å²) in [7, 11) is 1.29. The molecule has 7 nitrogen and oxygen atoms in total. The molecule has 0 radical (unpaired) electrons. The van der Waals surface area contributed by atoms with Crippen LogP contribution in [0, 0.1) is 6.92 Å². The predicted octanol–water partition coefficient (Wildman–Crippen LogP) is 5.48. The molecule has 0 saturated heterocycles. The van der Waals surface area contributed by atoms with Gasteiger partial charge in [-0.1, -0.05) is 47.1 Å². The molecule has 0 spiro atoms. The first kappa shape index (κ1) is 23.2. The van der Waals surface area contributed by atoms with E-state index < -0.39 is 17.6 Å². The number of aromatic amines is 1. The Kier molecular flexibility index (Phi) is 6.69. The van der Waals surface area contributed by atoms with E-state index in [1.807, 2.05) is 6.07 Å². The van der Waals surface area contributed by atoms with Crippen molar-refractivity contribution < 1.29 is 14.3 Å². The van der Waals surface area contributed by atoms with E-state index in [4.69, 9.17) is 23.2 Å². The van der Waals surface area contributed by atoms with Gasteiger partial charge in [-0.3, -0.25) is 14.9 Å². The van der Waals surface area contributed by atoms with Gasteiger partial charge >= 0.3 is 6.09 Å². The summed E-state index contributed by atoms with van der Waals surface area (Å²) in [4.78, 5) is 43.2. The zero-order valence-corrected chi connectivity index (χ0v) is 20.0. The molecule has 4 rings (SSSR count). The number of nitrogens with zero attached hydrogens (tertiary/aromatic N) is 1. The van der Waals surface area contributed by atoms with Gasteiger partial charge in [0.25, 0.3) is 11.5 Å². The van der Waals surface area contributed by atoms with Gasteiger partial charge in [-0.2, -0.15) is 0 Å². The number of hydrogen-bond donors (Lipinski definition) is 2. The van der Waals surface area contributed by atoms with Gasteiger partial charge in [0.05, 0.1) is 17.2 Å². The second-order valence-corrected chi connectivity index (χ2v) is 9.30. The lowest BCUT2D eigenvalue weighted by molar-refractivity contribution is 0.0746. The van der Waals surface area contributed by atoms with Crippen molar-refractivity contribution in [1.82, 2.24) is 9.88 Å². The summed E-state index contributed by atoms with van der Waals surface area (Å²) in [6.45, 7) is 2.39. The molecule has 0 unspecified atom stereocenters. The Balaban J connectivity index is 1.64. The van der Waals surface area contributed by atoms with Crippen LogP contribution in [0.15, 0.2) is 57.1 Å². The number of fused-ring (bicyclic) bond motifs is 1. The number of carbonyl (C=O) groups is 2. The van der Waals surface area contributed by atoms with E-state index in [9.17, 15) is 14.4 Å². The minimum atomic E-state index is -0.577. The second kappa shape index (κ2) is 9.51. The molecule has 170 valence electrons. The molecule has 2 amide bonds. The summed E-state index contributed by atoms with van der Waals surface area (Å²) in [6.07, 6.45) is -0.577. The van der Waals surface area contributed by atoms with Crippen LogP contribution in [0.5, 0.6) is 0 Å². The maximum Gasteiger partial charge on any atom is 0.411 e. The third-order valence-electron chi connectivity index (χ3n) is 5.12. The first-order valence-corrected chi connectivity index (χ1v) is 11.5. The van der Waals surface area contributed by atoms with Crippen LogP contribution in [0.1, 0.15) is 27.2 Å². The summed E-state index contributed by atoms with van der Waals surface area (Å²) < 4.78 is 4.62. The second-order valence-electron chi connectivity index (χ2n) is 7.43. The van der Waals surface area contributed by atoms with Crippen LogP contribution in [0.4, 0.5) is 10.5 Å². The lowest BCUT2D eigenvalue weighted by atomic mass is 10.1. The maximum atomic E-state index is 13.5. The predicted molar refractivity (Wildman–Crippen MR) is 128 cm³/mol. The summed E-state index contributed by atoms with van der Waals surface area (Å²) in [6, 6.07) is 12.2. The molecule has 2 aromatic carbocycles. The van der Waals surface area contributed by atoms with Crippen LogP contribution in [-0.2, 0) is 17.8 Å². The fraction of sp³-hybridized carbons (Fsp3) is 0.174. The summed E-state index contributed by atoms with van der Waals surface area (Å²) in [5.41, 5.74) is 2.55. The lowest BCUT2D eigenvalue weighted by Gasteiger charge is -2.18. The Morgan fingerprint density at radius 2 is 1.79 bits per heavy atom. The van der Waals surface area contributed by atoms with E-state index in [1.165, 1.54) is 18.9 Å². The van der Waals surface area contributed by atoms with Crippen molar-refractivity contribution in [3.8, 4) is 0 Å². The molecule has 1 aromatic heterocycles. The van der Waals surface area contributed by atoms with Gasteiger partial charge in [0.2, 0.25) is 0 Å². The molecule has 2 heterocycles. The Bertz CT molecular complexity index is 1310. The van der Waals surface area contributed by atoms with Crippen LogP contribution >= 0.6 is 35.0 Å². The van der Waals surface area contributed by atoms with E-state index in [1.54, 1.807) is 48.2 Å². The van der Waals surface area contributed by atoms with Crippen LogP contribution in [0.3, 0.4) is 0 Å². The van der Waals surface area contributed by atoms with Gasteiger partial charge < -0.3 is 14.6 Å². The minimum Gasteiger partial charge on any atom is -0.453 e. The number of ether oxygens (including phenoxy) is 1. The van der Waals surface area contributed by atoms with E-state index in [-0.39, 0.29) is 5.56 Å². The highest BCUT2D eigenvalue weighted by Crippen LogP contribution is 2.40. The van der Waals surface area contributed by atoms with Crippen molar-refractivity contribution in [2.24, 2.45) is 0 Å². The standard InChI is InChI=1S/C23H19Cl2N3O4S/c1-12-8-18(33-20-16(24)4-3-5-17(20)25)19(21(29)26-12)22(30)28-10-13-6-7-15(9-14(13)11-28)27-23(31)32-2/h3-9H,10-11H2,1-2H3,(H,26,29)(H,27,31). The molecule has 2 N–H and O–H groups in total. The fourth-order valence-corrected chi connectivity index (χ4v) is 5.27. The monoisotopic (exact) mass is 503 g/mol. The van der Waals surface area contributed by atoms with Crippen molar-refractivity contribution in [3.63, 3.8) is 0 Å². The van der Waals surface area contributed by atoms with Crippen LogP contribution < -0.4 is 10.9 Å². The van der Waals surface area contributed by atoms with Gasteiger partial charge in [-0.25, -0.2) is 4.79 Å². The van der Waals surface area contributed by atoms with E-state index >= 15 is 0 Å². The van der Waals surface area contributed by atoms with Gasteiger partial charge in [0, 0.05) is 34.3 Å². The number of halogens is 2. The van der Waals surface area contributed by atoms with Crippen molar-refractivity contribution in [3.05, 3.63) is 85.2 Å². The van der Waals surface area contributed by atoms with Crippen molar-refractivity contribution in [2.75, 3.05) is 12.4 Å². The molecule has 33 heavy (non-hydrogen) atoms. The first-order chi connectivity index (χ1) is 15.8. The minimum absolute atomic E-state index is 0.0299. The van der Waals surface area contributed by atoms with Crippen LogP contribution in [0.2, 0.25) is 10.0 Å². The highest BCUT2D eigenvalue weighted by molar-refractivity contribution is 7.99. The number of aryl methyl sites for hydroxylation is 1. The number of pyridine rings is 1. The molecule has 0 atom stereocenters. The Morgan fingerprint density at radius 3 is 2.48 bits per heavy atom. The number of hydrogen-bond acceptors (Lipinski definition) is 5. The zero-order chi connectivity index (χ0) is 23.7. The number of aromatic nitrogens is 1. The molecule has 1 aliphatic heterocycles. The average molecular weight is 504 g/mol. The number of carbonyl (C=O) groups excluding carboxylic acids is 2. The molecule has 0 bridgehead atoms. The fourth-order valence-electron chi connectivity index (χ4n) is 3.57. The molecule has 10 heteroatoms. The maximum absolute atomic E-state index is 13.5. The third kappa shape index (κ3) is 4.88. The van der Waals surface area contributed by atoms with Gasteiger partial charge in [-0.15, -0.1) is 0 Å². The molecule has 0 aliphatic carbocycles. The number of nitrogens with one attached hydrogen (secondary N) is 2. The van der Waals surface area contributed by atoms with Crippen molar-refractivity contribution >= 4 is 52.7 Å². The van der Waals surface area contributed by atoms with Crippen LogP contribution in [-0.4, -0.2) is 29.0 Å². The average Bonchev–Trinajstić information content (AvgIpc) is 3.19.